The van der Waals surface area contributed by atoms with E-state index >= 15 is 0 Å². The van der Waals surface area contributed by atoms with Crippen LogP contribution in [-0.4, -0.2) is 53.7 Å². The molecule has 0 spiro atoms. The molecule has 3 aromatic carbocycles. The molecule has 1 aliphatic heterocycles. The number of carbonyl (C=O) groups excluding carboxylic acids is 3. The van der Waals surface area contributed by atoms with Crippen LogP contribution in [0.2, 0.25) is 0 Å². The summed E-state index contributed by atoms with van der Waals surface area (Å²) in [5, 5.41) is 10.6. The second kappa shape index (κ2) is 10.9. The molecular formula is C27H24O8. The Morgan fingerprint density at radius 2 is 0.943 bits per heavy atom. The van der Waals surface area contributed by atoms with Crippen molar-refractivity contribution in [2.45, 2.75) is 37.6 Å². The fourth-order valence-electron chi connectivity index (χ4n) is 3.71. The van der Waals surface area contributed by atoms with E-state index in [1.54, 1.807) is 97.9 Å². The number of esters is 3. The highest BCUT2D eigenvalue weighted by Crippen LogP contribution is 2.29. The Balaban J connectivity index is 1.63. The van der Waals surface area contributed by atoms with Gasteiger partial charge in [0.15, 0.2) is 24.6 Å². The van der Waals surface area contributed by atoms with Gasteiger partial charge in [-0.25, -0.2) is 14.4 Å². The number of hydrogen-bond acceptors (Lipinski definition) is 8. The van der Waals surface area contributed by atoms with E-state index in [1.807, 2.05) is 0 Å². The van der Waals surface area contributed by atoms with Crippen molar-refractivity contribution in [3.63, 3.8) is 0 Å². The molecule has 35 heavy (non-hydrogen) atoms. The van der Waals surface area contributed by atoms with E-state index in [4.69, 9.17) is 18.9 Å². The van der Waals surface area contributed by atoms with Crippen LogP contribution in [0.1, 0.15) is 38.0 Å². The lowest BCUT2D eigenvalue weighted by Gasteiger charge is -2.42. The maximum Gasteiger partial charge on any atom is 0.338 e. The molecule has 4 rings (SSSR count). The highest BCUT2D eigenvalue weighted by atomic mass is 16.7. The molecule has 3 aromatic rings. The quantitative estimate of drug-likeness (QED) is 0.426. The predicted molar refractivity (Wildman–Crippen MR) is 123 cm³/mol. The Morgan fingerprint density at radius 3 is 1.34 bits per heavy atom. The van der Waals surface area contributed by atoms with Gasteiger partial charge in [-0.15, -0.1) is 0 Å². The summed E-state index contributed by atoms with van der Waals surface area (Å²) in [6.45, 7) is 1.56. The topological polar surface area (TPSA) is 108 Å². The molecule has 0 aromatic heterocycles. The van der Waals surface area contributed by atoms with Crippen LogP contribution in [0.25, 0.3) is 0 Å². The summed E-state index contributed by atoms with van der Waals surface area (Å²) in [5.41, 5.74) is 0.739. The summed E-state index contributed by atoms with van der Waals surface area (Å²) < 4.78 is 22.4. The van der Waals surface area contributed by atoms with Crippen molar-refractivity contribution in [1.82, 2.24) is 0 Å². The van der Waals surface area contributed by atoms with Crippen molar-refractivity contribution < 1.29 is 38.4 Å². The smallest absolute Gasteiger partial charge is 0.338 e. The normalized spacial score (nSPS) is 23.7. The van der Waals surface area contributed by atoms with Crippen LogP contribution in [0.5, 0.6) is 0 Å². The Bertz CT molecular complexity index is 1080. The number of hydrogen-bond donors (Lipinski definition) is 1. The third-order valence-corrected chi connectivity index (χ3v) is 5.50. The van der Waals surface area contributed by atoms with Gasteiger partial charge in [-0.05, 0) is 43.3 Å². The van der Waals surface area contributed by atoms with Crippen molar-refractivity contribution in [2.75, 3.05) is 0 Å². The largest absolute Gasteiger partial charge is 0.452 e. The summed E-state index contributed by atoms with van der Waals surface area (Å²) in [4.78, 5) is 38.5. The minimum absolute atomic E-state index is 0.226. The lowest BCUT2D eigenvalue weighted by molar-refractivity contribution is -0.275. The molecular weight excluding hydrogens is 452 g/mol. The Hall–Kier alpha value is -4.01. The van der Waals surface area contributed by atoms with Gasteiger partial charge in [-0.2, -0.15) is 0 Å². The van der Waals surface area contributed by atoms with E-state index in [0.717, 1.165) is 0 Å². The molecule has 5 atom stereocenters. The lowest BCUT2D eigenvalue weighted by atomic mass is 9.98. The van der Waals surface area contributed by atoms with E-state index in [2.05, 4.69) is 0 Å². The fraction of sp³-hybridized carbons (Fsp3) is 0.222. The number of ether oxygens (including phenoxy) is 4. The third-order valence-electron chi connectivity index (χ3n) is 5.50. The molecule has 0 saturated carbocycles. The molecule has 0 radical (unpaired) electrons. The number of benzene rings is 3. The van der Waals surface area contributed by atoms with Gasteiger partial charge < -0.3 is 24.1 Å². The van der Waals surface area contributed by atoms with Crippen LogP contribution in [0.15, 0.2) is 91.0 Å². The molecule has 1 aliphatic rings. The number of aliphatic hydroxyl groups excluding tert-OH is 1. The highest BCUT2D eigenvalue weighted by Gasteiger charge is 2.50. The molecule has 1 fully saturated rings. The van der Waals surface area contributed by atoms with Crippen LogP contribution < -0.4 is 0 Å². The average Bonchev–Trinajstić information content (AvgIpc) is 2.89. The van der Waals surface area contributed by atoms with Gasteiger partial charge in [-0.3, -0.25) is 0 Å². The summed E-state index contributed by atoms with van der Waals surface area (Å²) in [7, 11) is 0. The van der Waals surface area contributed by atoms with E-state index in [0.29, 0.717) is 0 Å². The van der Waals surface area contributed by atoms with Crippen molar-refractivity contribution in [3.8, 4) is 0 Å². The van der Waals surface area contributed by atoms with Crippen molar-refractivity contribution in [2.24, 2.45) is 0 Å². The van der Waals surface area contributed by atoms with Crippen LogP contribution in [0.3, 0.4) is 0 Å². The van der Waals surface area contributed by atoms with Crippen molar-refractivity contribution in [1.29, 1.82) is 0 Å². The van der Waals surface area contributed by atoms with Gasteiger partial charge in [0, 0.05) is 0 Å². The molecule has 3 unspecified atom stereocenters. The van der Waals surface area contributed by atoms with E-state index in [1.165, 1.54) is 0 Å². The lowest BCUT2D eigenvalue weighted by Crippen LogP contribution is -2.60. The zero-order valence-electron chi connectivity index (χ0n) is 18.9. The van der Waals surface area contributed by atoms with Crippen molar-refractivity contribution in [3.05, 3.63) is 108 Å². The SMILES string of the molecule is CC1O[C@@H](O)C(OC(=O)c2ccccc2)C(OC(=O)c2ccccc2)[C@@H]1OC(=O)c1ccccc1. The number of rotatable bonds is 6. The standard InChI is InChI=1S/C27H24O8/c1-17-21(33-24(28)18-11-5-2-6-12-18)22(34-25(29)19-13-7-3-8-14-19)23(27(31)32-17)35-26(30)20-15-9-4-10-16-20/h2-17,21-23,27,31H,1H3/t17?,21-,22?,23?,27-/m1/s1. The zero-order chi connectivity index (χ0) is 24.8. The molecule has 1 N–H and O–H groups in total. The molecule has 0 amide bonds. The molecule has 0 aliphatic carbocycles. The van der Waals surface area contributed by atoms with Crippen LogP contribution in [0.4, 0.5) is 0 Å². The third kappa shape index (κ3) is 5.74. The van der Waals surface area contributed by atoms with Gasteiger partial charge in [0.1, 0.15) is 0 Å². The van der Waals surface area contributed by atoms with Crippen LogP contribution in [0, 0.1) is 0 Å². The Kier molecular flexibility index (Phi) is 7.54. The first-order chi connectivity index (χ1) is 16.9. The molecule has 1 saturated heterocycles. The first-order valence-corrected chi connectivity index (χ1v) is 11.1. The number of carbonyl (C=O) groups is 3. The summed E-state index contributed by atoms with van der Waals surface area (Å²) >= 11 is 0. The Morgan fingerprint density at radius 1 is 0.600 bits per heavy atom. The highest BCUT2D eigenvalue weighted by molar-refractivity contribution is 5.91. The molecule has 180 valence electrons. The van der Waals surface area contributed by atoms with Crippen molar-refractivity contribution >= 4 is 17.9 Å². The Labute approximate surface area is 202 Å². The van der Waals surface area contributed by atoms with Gasteiger partial charge in [0.05, 0.1) is 22.8 Å². The van der Waals surface area contributed by atoms with Crippen LogP contribution >= 0.6 is 0 Å². The zero-order valence-corrected chi connectivity index (χ0v) is 18.9. The second-order valence-electron chi connectivity index (χ2n) is 7.94. The summed E-state index contributed by atoms with van der Waals surface area (Å²) in [6.07, 6.45) is -6.48. The summed E-state index contributed by atoms with van der Waals surface area (Å²) in [6, 6.07) is 24.6. The van der Waals surface area contributed by atoms with Crippen LogP contribution in [-0.2, 0) is 18.9 Å². The fourth-order valence-corrected chi connectivity index (χ4v) is 3.71. The molecule has 1 heterocycles. The van der Waals surface area contributed by atoms with Gasteiger partial charge in [-0.1, -0.05) is 54.6 Å². The van der Waals surface area contributed by atoms with E-state index < -0.39 is 48.6 Å². The van der Waals surface area contributed by atoms with Gasteiger partial charge >= 0.3 is 17.9 Å². The van der Waals surface area contributed by atoms with E-state index in [9.17, 15) is 19.5 Å². The predicted octanol–water partition coefficient (Wildman–Crippen LogP) is 3.40. The van der Waals surface area contributed by atoms with Gasteiger partial charge in [0.25, 0.3) is 0 Å². The minimum Gasteiger partial charge on any atom is -0.452 e. The molecule has 0 bridgehead atoms. The minimum atomic E-state index is -1.63. The molecule has 8 nitrogen and oxygen atoms in total. The van der Waals surface area contributed by atoms with E-state index in [-0.39, 0.29) is 16.7 Å². The first-order valence-electron chi connectivity index (χ1n) is 11.1. The molecule has 8 heteroatoms. The second-order valence-corrected chi connectivity index (χ2v) is 7.94. The first kappa shape index (κ1) is 24.1. The maximum atomic E-state index is 12.9. The summed E-state index contributed by atoms with van der Waals surface area (Å²) in [5.74, 6) is -2.18. The average molecular weight is 476 g/mol. The number of aliphatic hydroxyl groups is 1. The maximum absolute atomic E-state index is 12.9. The monoisotopic (exact) mass is 476 g/mol. The van der Waals surface area contributed by atoms with Gasteiger partial charge in [0.2, 0.25) is 0 Å².